The Labute approximate surface area is 148 Å². The van der Waals surface area contributed by atoms with Crippen LogP contribution in [-0.4, -0.2) is 11.8 Å². The predicted octanol–water partition coefficient (Wildman–Crippen LogP) is 5.04. The maximum atomic E-state index is 13.0. The maximum absolute atomic E-state index is 13.0. The number of halogens is 1. The van der Waals surface area contributed by atoms with Crippen molar-refractivity contribution in [1.29, 1.82) is 0 Å². The minimum Gasteiger partial charge on any atom is -0.454 e. The SMILES string of the molecule is CC(OC(=O)c1ccccc1C(=O)c1cccs1)c1ccc(F)cc1. The van der Waals surface area contributed by atoms with Crippen LogP contribution in [0.15, 0.2) is 66.0 Å². The number of thiophene rings is 1. The molecule has 25 heavy (non-hydrogen) atoms. The molecule has 2 aromatic carbocycles. The first-order chi connectivity index (χ1) is 12.1. The van der Waals surface area contributed by atoms with E-state index >= 15 is 0 Å². The van der Waals surface area contributed by atoms with E-state index in [4.69, 9.17) is 4.74 Å². The van der Waals surface area contributed by atoms with Crippen LogP contribution in [0.25, 0.3) is 0 Å². The van der Waals surface area contributed by atoms with Crippen LogP contribution in [0, 0.1) is 5.82 Å². The molecule has 0 aliphatic carbocycles. The summed E-state index contributed by atoms with van der Waals surface area (Å²) in [6.45, 7) is 1.70. The third-order valence-electron chi connectivity index (χ3n) is 3.76. The average Bonchev–Trinajstić information content (AvgIpc) is 3.16. The van der Waals surface area contributed by atoms with E-state index < -0.39 is 12.1 Å². The molecule has 3 rings (SSSR count). The molecule has 0 aliphatic rings. The number of benzene rings is 2. The Balaban J connectivity index is 1.83. The number of hydrogen-bond donors (Lipinski definition) is 0. The van der Waals surface area contributed by atoms with E-state index in [1.54, 1.807) is 55.5 Å². The molecule has 0 spiro atoms. The first-order valence-corrected chi connectivity index (χ1v) is 8.58. The van der Waals surface area contributed by atoms with Crippen molar-refractivity contribution in [3.8, 4) is 0 Å². The van der Waals surface area contributed by atoms with Crippen LogP contribution in [0.2, 0.25) is 0 Å². The van der Waals surface area contributed by atoms with Crippen LogP contribution in [0.5, 0.6) is 0 Å². The Morgan fingerprint density at radius 3 is 2.28 bits per heavy atom. The molecule has 126 valence electrons. The van der Waals surface area contributed by atoms with Gasteiger partial charge in [-0.2, -0.15) is 0 Å². The zero-order valence-corrected chi connectivity index (χ0v) is 14.3. The van der Waals surface area contributed by atoms with E-state index in [-0.39, 0.29) is 17.2 Å². The largest absolute Gasteiger partial charge is 0.454 e. The van der Waals surface area contributed by atoms with Crippen molar-refractivity contribution in [2.45, 2.75) is 13.0 Å². The summed E-state index contributed by atoms with van der Waals surface area (Å²) in [5, 5.41) is 1.81. The quantitative estimate of drug-likeness (QED) is 0.476. The summed E-state index contributed by atoms with van der Waals surface area (Å²) in [6.07, 6.45) is -0.557. The monoisotopic (exact) mass is 354 g/mol. The molecule has 5 heteroatoms. The third-order valence-corrected chi connectivity index (χ3v) is 4.63. The molecule has 0 aliphatic heterocycles. The Morgan fingerprint density at radius 2 is 1.64 bits per heavy atom. The Bertz CT molecular complexity index is 886. The Morgan fingerprint density at radius 1 is 0.960 bits per heavy atom. The van der Waals surface area contributed by atoms with Gasteiger partial charge in [0.15, 0.2) is 0 Å². The first-order valence-electron chi connectivity index (χ1n) is 7.70. The van der Waals surface area contributed by atoms with Crippen LogP contribution in [0.1, 0.15) is 44.2 Å². The molecule has 3 aromatic rings. The van der Waals surface area contributed by atoms with Crippen LogP contribution >= 0.6 is 11.3 Å². The number of ether oxygens (including phenoxy) is 1. The minimum atomic E-state index is -0.586. The number of rotatable bonds is 5. The second-order valence-electron chi connectivity index (χ2n) is 5.45. The predicted molar refractivity (Wildman–Crippen MR) is 94.4 cm³/mol. The zero-order chi connectivity index (χ0) is 17.8. The van der Waals surface area contributed by atoms with Crippen LogP contribution in [-0.2, 0) is 4.74 Å². The lowest BCUT2D eigenvalue weighted by molar-refractivity contribution is 0.0335. The molecule has 1 unspecified atom stereocenters. The molecule has 0 radical (unpaired) electrons. The highest BCUT2D eigenvalue weighted by atomic mass is 32.1. The lowest BCUT2D eigenvalue weighted by Crippen LogP contribution is -2.14. The third kappa shape index (κ3) is 3.83. The van der Waals surface area contributed by atoms with Crippen molar-refractivity contribution in [2.24, 2.45) is 0 Å². The van der Waals surface area contributed by atoms with Gasteiger partial charge in [0.1, 0.15) is 11.9 Å². The molecular weight excluding hydrogens is 339 g/mol. The van der Waals surface area contributed by atoms with E-state index in [2.05, 4.69) is 0 Å². The lowest BCUT2D eigenvalue weighted by Gasteiger charge is -2.15. The fraction of sp³-hybridized carbons (Fsp3) is 0.100. The number of carbonyl (C=O) groups excluding carboxylic acids is 2. The topological polar surface area (TPSA) is 43.4 Å². The van der Waals surface area contributed by atoms with E-state index in [0.717, 1.165) is 0 Å². The molecule has 3 nitrogen and oxygen atoms in total. The lowest BCUT2D eigenvalue weighted by atomic mass is 10.0. The highest BCUT2D eigenvalue weighted by molar-refractivity contribution is 7.12. The molecule has 0 saturated carbocycles. The Hall–Kier alpha value is -2.79. The summed E-state index contributed by atoms with van der Waals surface area (Å²) >= 11 is 1.32. The highest BCUT2D eigenvalue weighted by Gasteiger charge is 2.21. The molecule has 1 aromatic heterocycles. The normalized spacial score (nSPS) is 11.8. The van der Waals surface area contributed by atoms with Crippen molar-refractivity contribution < 1.29 is 18.7 Å². The van der Waals surface area contributed by atoms with E-state index in [0.29, 0.717) is 16.0 Å². The van der Waals surface area contributed by atoms with Gasteiger partial charge >= 0.3 is 5.97 Å². The van der Waals surface area contributed by atoms with E-state index in [1.165, 1.54) is 23.5 Å². The highest BCUT2D eigenvalue weighted by Crippen LogP contribution is 2.23. The molecule has 1 atom stereocenters. The average molecular weight is 354 g/mol. The molecular formula is C20H15FO3S. The van der Waals surface area contributed by atoms with Gasteiger partial charge in [-0.1, -0.05) is 36.4 Å². The van der Waals surface area contributed by atoms with Gasteiger partial charge in [-0.25, -0.2) is 9.18 Å². The molecule has 0 fully saturated rings. The zero-order valence-electron chi connectivity index (χ0n) is 13.4. The van der Waals surface area contributed by atoms with Gasteiger partial charge in [0.2, 0.25) is 5.78 Å². The van der Waals surface area contributed by atoms with Crippen LogP contribution in [0.3, 0.4) is 0 Å². The summed E-state index contributed by atoms with van der Waals surface area (Å²) in [5.41, 5.74) is 1.20. The molecule has 0 amide bonds. The standard InChI is InChI=1S/C20H15FO3S/c1-13(14-8-10-15(21)11-9-14)24-20(23)17-6-3-2-5-16(17)19(22)18-7-4-12-25-18/h2-13H,1H3. The van der Waals surface area contributed by atoms with E-state index in [1.807, 2.05) is 5.38 Å². The summed E-state index contributed by atoms with van der Waals surface area (Å²) < 4.78 is 18.5. The minimum absolute atomic E-state index is 0.211. The van der Waals surface area contributed by atoms with Crippen molar-refractivity contribution in [3.05, 3.63) is 93.4 Å². The van der Waals surface area contributed by atoms with Gasteiger partial charge in [-0.05, 0) is 42.1 Å². The first kappa shape index (κ1) is 17.0. The number of hydrogen-bond acceptors (Lipinski definition) is 4. The van der Waals surface area contributed by atoms with Crippen LogP contribution < -0.4 is 0 Å². The summed E-state index contributed by atoms with van der Waals surface area (Å²) in [4.78, 5) is 25.7. The van der Waals surface area contributed by atoms with Gasteiger partial charge in [0.05, 0.1) is 10.4 Å². The van der Waals surface area contributed by atoms with Gasteiger partial charge in [-0.3, -0.25) is 4.79 Å². The second kappa shape index (κ2) is 7.40. The van der Waals surface area contributed by atoms with E-state index in [9.17, 15) is 14.0 Å². The van der Waals surface area contributed by atoms with Crippen molar-refractivity contribution in [1.82, 2.24) is 0 Å². The Kier molecular flexibility index (Phi) is 5.05. The molecule has 0 saturated heterocycles. The maximum Gasteiger partial charge on any atom is 0.339 e. The summed E-state index contributed by atoms with van der Waals surface area (Å²) in [7, 11) is 0. The molecule has 1 heterocycles. The number of esters is 1. The summed E-state index contributed by atoms with van der Waals surface area (Å²) in [5.74, 6) is -1.15. The fourth-order valence-corrected chi connectivity index (χ4v) is 3.10. The molecule has 0 bridgehead atoms. The number of ketones is 1. The smallest absolute Gasteiger partial charge is 0.339 e. The van der Waals surface area contributed by atoms with Gasteiger partial charge in [0, 0.05) is 5.56 Å². The second-order valence-corrected chi connectivity index (χ2v) is 6.40. The molecule has 0 N–H and O–H groups in total. The van der Waals surface area contributed by atoms with Gasteiger partial charge < -0.3 is 4.74 Å². The van der Waals surface area contributed by atoms with Gasteiger partial charge in [0.25, 0.3) is 0 Å². The number of carbonyl (C=O) groups is 2. The van der Waals surface area contributed by atoms with Crippen molar-refractivity contribution in [3.63, 3.8) is 0 Å². The van der Waals surface area contributed by atoms with Crippen molar-refractivity contribution in [2.75, 3.05) is 0 Å². The van der Waals surface area contributed by atoms with Crippen molar-refractivity contribution >= 4 is 23.1 Å². The van der Waals surface area contributed by atoms with Crippen LogP contribution in [0.4, 0.5) is 4.39 Å². The summed E-state index contributed by atoms with van der Waals surface area (Å²) in [6, 6.07) is 15.8. The van der Waals surface area contributed by atoms with Gasteiger partial charge in [-0.15, -0.1) is 11.3 Å². The fourth-order valence-electron chi connectivity index (χ4n) is 2.43.